The van der Waals surface area contributed by atoms with Gasteiger partial charge in [0, 0.05) is 38.9 Å². The lowest BCUT2D eigenvalue weighted by Gasteiger charge is -2.11. The molecule has 10 rings (SSSR count). The Kier molecular flexibility index (Phi) is 4.10. The van der Waals surface area contributed by atoms with Gasteiger partial charge in [-0.05, 0) is 48.5 Å². The van der Waals surface area contributed by atoms with Crippen molar-refractivity contribution in [2.45, 2.75) is 0 Å². The predicted octanol–water partition coefficient (Wildman–Crippen LogP) is 8.26. The minimum Gasteiger partial charge on any atom is -0.308 e. The van der Waals surface area contributed by atoms with E-state index in [1.807, 2.05) is 36.4 Å². The second kappa shape index (κ2) is 7.86. The summed E-state index contributed by atoms with van der Waals surface area (Å²) in [6.07, 6.45) is 1.72. The molecule has 0 fully saturated rings. The maximum atomic E-state index is 5.32. The van der Waals surface area contributed by atoms with Crippen molar-refractivity contribution in [3.8, 4) is 34.0 Å². The van der Waals surface area contributed by atoms with E-state index in [0.29, 0.717) is 0 Å². The topological polar surface area (TPSA) is 61.4 Å². The Morgan fingerprint density at radius 2 is 1.17 bits per heavy atom. The zero-order valence-corrected chi connectivity index (χ0v) is 22.2. The van der Waals surface area contributed by atoms with Gasteiger partial charge in [0.05, 0.1) is 50.2 Å². The molecule has 0 radical (unpaired) electrons. The predicted molar refractivity (Wildman–Crippen MR) is 168 cm³/mol. The molecule has 0 amide bonds. The second-order valence-electron chi connectivity index (χ2n) is 10.8. The van der Waals surface area contributed by atoms with Gasteiger partial charge in [-0.3, -0.25) is 4.57 Å². The minimum absolute atomic E-state index is 0.788. The van der Waals surface area contributed by atoms with Crippen LogP contribution in [0.4, 0.5) is 0 Å². The average molecular weight is 537 g/mol. The summed E-state index contributed by atoms with van der Waals surface area (Å²) in [5.41, 5.74) is 11.2. The molecule has 0 N–H and O–H groups in total. The molecule has 5 aromatic carbocycles. The molecule has 5 heterocycles. The van der Waals surface area contributed by atoms with Crippen LogP contribution >= 0.6 is 0 Å². The molecule has 6 heteroatoms. The number of hydrogen-bond donors (Lipinski definition) is 0. The van der Waals surface area contributed by atoms with Crippen LogP contribution in [-0.4, -0.2) is 29.3 Å². The van der Waals surface area contributed by atoms with E-state index in [0.717, 1.165) is 83.3 Å². The molecular formula is C36H20N6. The maximum absolute atomic E-state index is 5.32. The van der Waals surface area contributed by atoms with Gasteiger partial charge in [0.15, 0.2) is 5.82 Å². The van der Waals surface area contributed by atoms with Crippen LogP contribution in [0.2, 0.25) is 0 Å². The van der Waals surface area contributed by atoms with Crippen LogP contribution in [0.25, 0.3) is 88.7 Å². The highest BCUT2D eigenvalue weighted by molar-refractivity contribution is 6.30. The summed E-state index contributed by atoms with van der Waals surface area (Å²) in [5.74, 6) is 0.788. The minimum atomic E-state index is 0.788. The average Bonchev–Trinajstić information content (AvgIpc) is 3.53. The fourth-order valence-corrected chi connectivity index (χ4v) is 6.93. The number of para-hydroxylation sites is 5. The standard InChI is InChI=1S/C36H20N6/c1-6-15-28-21(10-1)24-20-25-34-33(38-26-13-4-5-14-27(26)39-34)23-12-3-8-17-30(23)41-29-16-7-2-11-22(29)32(36(25)41)35(24)42(28)31-18-9-19-37-40-31/h1-20H. The molecular weight excluding hydrogens is 516 g/mol. The first-order valence-electron chi connectivity index (χ1n) is 14.0. The number of hydrogen-bond acceptors (Lipinski definition) is 4. The fraction of sp³-hybridized carbons (Fsp3) is 0. The smallest absolute Gasteiger partial charge is 0.160 e. The molecule has 0 saturated heterocycles. The summed E-state index contributed by atoms with van der Waals surface area (Å²) in [5, 5.41) is 13.5. The first-order chi connectivity index (χ1) is 20.9. The van der Waals surface area contributed by atoms with Crippen molar-refractivity contribution in [3.05, 3.63) is 121 Å². The van der Waals surface area contributed by atoms with Gasteiger partial charge in [-0.2, -0.15) is 5.10 Å². The third kappa shape index (κ3) is 2.68. The Morgan fingerprint density at radius 1 is 0.500 bits per heavy atom. The molecule has 0 bridgehead atoms. The van der Waals surface area contributed by atoms with Crippen LogP contribution in [0.15, 0.2) is 121 Å². The van der Waals surface area contributed by atoms with Crippen LogP contribution < -0.4 is 0 Å². The summed E-state index contributed by atoms with van der Waals surface area (Å²) in [4.78, 5) is 10.6. The fourth-order valence-electron chi connectivity index (χ4n) is 6.93. The Morgan fingerprint density at radius 3 is 1.95 bits per heavy atom. The lowest BCUT2D eigenvalue weighted by molar-refractivity contribution is 0.954. The van der Waals surface area contributed by atoms with E-state index in [2.05, 4.69) is 98.2 Å². The zero-order valence-electron chi connectivity index (χ0n) is 22.2. The molecule has 0 aliphatic carbocycles. The number of nitrogens with zero attached hydrogens (tertiary/aromatic N) is 6. The van der Waals surface area contributed by atoms with Crippen molar-refractivity contribution in [2.75, 3.05) is 0 Å². The molecule has 0 atom stereocenters. The molecule has 4 aromatic heterocycles. The Labute approximate surface area is 239 Å². The summed E-state index contributed by atoms with van der Waals surface area (Å²) in [7, 11) is 0. The van der Waals surface area contributed by atoms with Crippen LogP contribution in [0.1, 0.15) is 0 Å². The Bertz CT molecular complexity index is 2580. The number of rotatable bonds is 1. The van der Waals surface area contributed by atoms with E-state index in [1.165, 1.54) is 5.39 Å². The number of benzene rings is 5. The summed E-state index contributed by atoms with van der Waals surface area (Å²) >= 11 is 0. The molecule has 6 nitrogen and oxygen atoms in total. The van der Waals surface area contributed by atoms with Gasteiger partial charge in [0.1, 0.15) is 0 Å². The number of aromatic nitrogens is 6. The third-order valence-corrected chi connectivity index (χ3v) is 8.58. The quantitative estimate of drug-likeness (QED) is 0.212. The highest BCUT2D eigenvalue weighted by atomic mass is 15.2. The van der Waals surface area contributed by atoms with Gasteiger partial charge in [-0.25, -0.2) is 9.97 Å². The van der Waals surface area contributed by atoms with Crippen LogP contribution in [-0.2, 0) is 0 Å². The molecule has 9 aromatic rings. The van der Waals surface area contributed by atoms with Crippen molar-refractivity contribution < 1.29 is 0 Å². The SMILES string of the molecule is c1cnnc(-n2c3ccccc3c3cc4c5c(c6ccccc6n5-c5ccccc5-c5nc6ccccc6nc5-4)c32)c1. The summed E-state index contributed by atoms with van der Waals surface area (Å²) in [6.45, 7) is 0. The van der Waals surface area contributed by atoms with E-state index in [-0.39, 0.29) is 0 Å². The lowest BCUT2D eigenvalue weighted by atomic mass is 9.98. The zero-order chi connectivity index (χ0) is 27.4. The Balaban J connectivity index is 1.54. The van der Waals surface area contributed by atoms with Crippen molar-refractivity contribution in [2.24, 2.45) is 0 Å². The van der Waals surface area contributed by atoms with Gasteiger partial charge in [0.2, 0.25) is 0 Å². The van der Waals surface area contributed by atoms with Gasteiger partial charge in [0.25, 0.3) is 0 Å². The van der Waals surface area contributed by atoms with E-state index in [9.17, 15) is 0 Å². The van der Waals surface area contributed by atoms with E-state index in [1.54, 1.807) is 6.20 Å². The molecule has 194 valence electrons. The van der Waals surface area contributed by atoms with Crippen molar-refractivity contribution in [1.29, 1.82) is 0 Å². The van der Waals surface area contributed by atoms with Crippen LogP contribution in [0.5, 0.6) is 0 Å². The first-order valence-corrected chi connectivity index (χ1v) is 14.0. The molecule has 42 heavy (non-hydrogen) atoms. The van der Waals surface area contributed by atoms with Crippen molar-refractivity contribution >= 4 is 54.6 Å². The van der Waals surface area contributed by atoms with Crippen molar-refractivity contribution in [1.82, 2.24) is 29.3 Å². The van der Waals surface area contributed by atoms with Crippen molar-refractivity contribution in [3.63, 3.8) is 0 Å². The van der Waals surface area contributed by atoms with Crippen LogP contribution in [0.3, 0.4) is 0 Å². The van der Waals surface area contributed by atoms with Gasteiger partial charge in [-0.1, -0.05) is 66.7 Å². The lowest BCUT2D eigenvalue weighted by Crippen LogP contribution is -1.99. The molecule has 1 aliphatic rings. The molecule has 0 unspecified atom stereocenters. The second-order valence-corrected chi connectivity index (χ2v) is 10.8. The van der Waals surface area contributed by atoms with Gasteiger partial charge >= 0.3 is 0 Å². The van der Waals surface area contributed by atoms with Crippen LogP contribution in [0, 0.1) is 0 Å². The Hall–Kier alpha value is -5.88. The van der Waals surface area contributed by atoms with Gasteiger partial charge < -0.3 is 4.57 Å². The normalized spacial score (nSPS) is 12.3. The maximum Gasteiger partial charge on any atom is 0.160 e. The molecule has 0 spiro atoms. The largest absolute Gasteiger partial charge is 0.308 e. The van der Waals surface area contributed by atoms with E-state index >= 15 is 0 Å². The highest BCUT2D eigenvalue weighted by Crippen LogP contribution is 2.50. The van der Waals surface area contributed by atoms with E-state index in [4.69, 9.17) is 9.97 Å². The molecule has 0 saturated carbocycles. The number of fused-ring (bicyclic) bond motifs is 13. The first kappa shape index (κ1) is 21.9. The molecule has 1 aliphatic heterocycles. The summed E-state index contributed by atoms with van der Waals surface area (Å²) < 4.78 is 4.67. The third-order valence-electron chi connectivity index (χ3n) is 8.58. The summed E-state index contributed by atoms with van der Waals surface area (Å²) in [6, 6.07) is 40.2. The van der Waals surface area contributed by atoms with E-state index < -0.39 is 0 Å². The van der Waals surface area contributed by atoms with Gasteiger partial charge in [-0.15, -0.1) is 5.10 Å². The monoisotopic (exact) mass is 536 g/mol. The highest BCUT2D eigenvalue weighted by Gasteiger charge is 2.30.